The molecule has 1 aliphatic rings. The lowest BCUT2D eigenvalue weighted by Crippen LogP contribution is -2.37. The number of hydrogen-bond donors (Lipinski definition) is 3. The number of halogens is 2. The second kappa shape index (κ2) is 10.5. The molecule has 3 N–H and O–H groups in total. The van der Waals surface area contributed by atoms with Gasteiger partial charge >= 0.3 is 0 Å². The number of nitrogens with one attached hydrogen (secondary N) is 3. The summed E-state index contributed by atoms with van der Waals surface area (Å²) in [5.74, 6) is -0.660. The number of aromatic nitrogens is 2. The SMILES string of the molecule is CC(=O)Nc1nccc2c(C(=O)c3c(Cl)cc(C(=O)NCCN4CCCCC4)cc3Cl)c[nH]c12. The molecule has 0 atom stereocenters. The first-order chi connectivity index (χ1) is 16.3. The van der Waals surface area contributed by atoms with Gasteiger partial charge in [0.15, 0.2) is 11.6 Å². The Morgan fingerprint density at radius 1 is 1.12 bits per heavy atom. The van der Waals surface area contributed by atoms with Crippen LogP contribution in [0.5, 0.6) is 0 Å². The fourth-order valence-corrected chi connectivity index (χ4v) is 4.83. The molecule has 178 valence electrons. The zero-order valence-electron chi connectivity index (χ0n) is 18.7. The first-order valence-corrected chi connectivity index (χ1v) is 11.9. The van der Waals surface area contributed by atoms with Gasteiger partial charge in [-0.15, -0.1) is 0 Å². The van der Waals surface area contributed by atoms with Gasteiger partial charge in [-0.1, -0.05) is 29.6 Å². The van der Waals surface area contributed by atoms with E-state index in [-0.39, 0.29) is 27.4 Å². The number of carbonyl (C=O) groups is 3. The quantitative estimate of drug-likeness (QED) is 0.419. The summed E-state index contributed by atoms with van der Waals surface area (Å²) in [6, 6.07) is 4.57. The van der Waals surface area contributed by atoms with Crippen LogP contribution in [0.2, 0.25) is 10.0 Å². The van der Waals surface area contributed by atoms with Gasteiger partial charge in [0.1, 0.15) is 0 Å². The molecule has 1 aliphatic heterocycles. The molecule has 8 nitrogen and oxygen atoms in total. The highest BCUT2D eigenvalue weighted by Gasteiger charge is 2.23. The third kappa shape index (κ3) is 5.24. The Labute approximate surface area is 207 Å². The summed E-state index contributed by atoms with van der Waals surface area (Å²) in [5.41, 5.74) is 1.23. The van der Waals surface area contributed by atoms with E-state index in [9.17, 15) is 14.4 Å². The number of nitrogens with zero attached hydrogens (tertiary/aromatic N) is 2. The third-order valence-corrected chi connectivity index (χ3v) is 6.43. The maximum Gasteiger partial charge on any atom is 0.251 e. The van der Waals surface area contributed by atoms with Crippen LogP contribution in [0.1, 0.15) is 52.5 Å². The van der Waals surface area contributed by atoms with Crippen molar-refractivity contribution in [3.8, 4) is 0 Å². The van der Waals surface area contributed by atoms with Gasteiger partial charge < -0.3 is 20.5 Å². The van der Waals surface area contributed by atoms with Crippen molar-refractivity contribution in [1.29, 1.82) is 0 Å². The highest BCUT2D eigenvalue weighted by molar-refractivity contribution is 6.42. The Kier molecular flexibility index (Phi) is 7.50. The number of anilines is 1. The van der Waals surface area contributed by atoms with Crippen molar-refractivity contribution in [3.63, 3.8) is 0 Å². The average molecular weight is 502 g/mol. The van der Waals surface area contributed by atoms with Crippen molar-refractivity contribution in [2.75, 3.05) is 31.5 Å². The lowest BCUT2D eigenvalue weighted by atomic mass is 10.0. The molecule has 1 fully saturated rings. The first kappa shape index (κ1) is 24.2. The number of ketones is 1. The number of pyridine rings is 1. The molecule has 3 aromatic rings. The van der Waals surface area contributed by atoms with Crippen LogP contribution in [-0.4, -0.2) is 58.6 Å². The number of hydrogen-bond acceptors (Lipinski definition) is 5. The van der Waals surface area contributed by atoms with E-state index in [0.717, 1.165) is 19.6 Å². The molecule has 0 aliphatic carbocycles. The molecule has 4 rings (SSSR count). The van der Waals surface area contributed by atoms with E-state index in [1.54, 1.807) is 6.07 Å². The Morgan fingerprint density at radius 3 is 2.50 bits per heavy atom. The zero-order chi connectivity index (χ0) is 24.2. The van der Waals surface area contributed by atoms with Gasteiger partial charge in [-0.2, -0.15) is 0 Å². The number of likely N-dealkylation sites (tertiary alicyclic amines) is 1. The zero-order valence-corrected chi connectivity index (χ0v) is 20.2. The van der Waals surface area contributed by atoms with Crippen LogP contribution in [0, 0.1) is 0 Å². The second-order valence-electron chi connectivity index (χ2n) is 8.27. The molecule has 1 saturated heterocycles. The molecule has 0 radical (unpaired) electrons. The number of piperidine rings is 1. The summed E-state index contributed by atoms with van der Waals surface area (Å²) >= 11 is 12.8. The average Bonchev–Trinajstić information content (AvgIpc) is 3.24. The molecule has 1 aromatic carbocycles. The summed E-state index contributed by atoms with van der Waals surface area (Å²) in [6.45, 7) is 4.80. The van der Waals surface area contributed by atoms with E-state index in [2.05, 4.69) is 25.5 Å². The van der Waals surface area contributed by atoms with Crippen molar-refractivity contribution in [2.45, 2.75) is 26.2 Å². The predicted octanol–water partition coefficient (Wildman–Crippen LogP) is 4.27. The number of H-pyrrole nitrogens is 1. The van der Waals surface area contributed by atoms with Crippen molar-refractivity contribution >= 4 is 57.5 Å². The third-order valence-electron chi connectivity index (χ3n) is 5.83. The van der Waals surface area contributed by atoms with Gasteiger partial charge in [0.25, 0.3) is 5.91 Å². The van der Waals surface area contributed by atoms with Gasteiger partial charge in [-0.05, 0) is 44.1 Å². The highest BCUT2D eigenvalue weighted by Crippen LogP contribution is 2.32. The molecule has 2 amide bonds. The Balaban J connectivity index is 1.52. The van der Waals surface area contributed by atoms with E-state index < -0.39 is 5.78 Å². The predicted molar refractivity (Wildman–Crippen MR) is 133 cm³/mol. The minimum Gasteiger partial charge on any atom is -0.357 e. The first-order valence-electron chi connectivity index (χ1n) is 11.1. The molecular weight excluding hydrogens is 477 g/mol. The number of amides is 2. The molecule has 0 saturated carbocycles. The van der Waals surface area contributed by atoms with Crippen molar-refractivity contribution in [3.05, 3.63) is 57.3 Å². The Bertz CT molecular complexity index is 1230. The van der Waals surface area contributed by atoms with Crippen molar-refractivity contribution in [1.82, 2.24) is 20.2 Å². The molecular formula is C24H25Cl2N5O3. The minimum atomic E-state index is -0.404. The molecule has 34 heavy (non-hydrogen) atoms. The van der Waals surface area contributed by atoms with Crippen LogP contribution in [0.15, 0.2) is 30.6 Å². The number of rotatable bonds is 7. The molecule has 2 aromatic heterocycles. The number of fused-ring (bicyclic) bond motifs is 1. The Hall–Kier alpha value is -2.94. The van der Waals surface area contributed by atoms with E-state index in [1.165, 1.54) is 50.7 Å². The summed E-state index contributed by atoms with van der Waals surface area (Å²) in [5, 5.41) is 6.26. The topological polar surface area (TPSA) is 107 Å². The molecule has 0 bridgehead atoms. The standard InChI is InChI=1S/C24H25Cl2N5O3/c1-14(32)30-23-21-16(5-6-27-23)17(13-29-21)22(33)20-18(25)11-15(12-19(20)26)24(34)28-7-10-31-8-3-2-4-9-31/h5-6,11-13,29H,2-4,7-10H2,1H3,(H,28,34)(H,27,30,32). The van der Waals surface area contributed by atoms with Crippen molar-refractivity contribution in [2.24, 2.45) is 0 Å². The van der Waals surface area contributed by atoms with E-state index >= 15 is 0 Å². The lowest BCUT2D eigenvalue weighted by molar-refractivity contribution is -0.114. The van der Waals surface area contributed by atoms with E-state index in [4.69, 9.17) is 23.2 Å². The largest absolute Gasteiger partial charge is 0.357 e. The van der Waals surface area contributed by atoms with Gasteiger partial charge in [-0.3, -0.25) is 14.4 Å². The Morgan fingerprint density at radius 2 is 1.82 bits per heavy atom. The van der Waals surface area contributed by atoms with Crippen LogP contribution in [0.25, 0.3) is 10.9 Å². The number of benzene rings is 1. The summed E-state index contributed by atoms with van der Waals surface area (Å²) in [6.07, 6.45) is 6.66. The van der Waals surface area contributed by atoms with Crippen LogP contribution in [-0.2, 0) is 4.79 Å². The highest BCUT2D eigenvalue weighted by atomic mass is 35.5. The van der Waals surface area contributed by atoms with E-state index in [1.807, 2.05) is 0 Å². The fourth-order valence-electron chi connectivity index (χ4n) is 4.17. The van der Waals surface area contributed by atoms with Crippen LogP contribution < -0.4 is 10.6 Å². The van der Waals surface area contributed by atoms with Gasteiger partial charge in [0.2, 0.25) is 5.91 Å². The summed E-state index contributed by atoms with van der Waals surface area (Å²) < 4.78 is 0. The van der Waals surface area contributed by atoms with E-state index in [0.29, 0.717) is 34.4 Å². The van der Waals surface area contributed by atoms with Gasteiger partial charge in [-0.25, -0.2) is 4.98 Å². The summed E-state index contributed by atoms with van der Waals surface area (Å²) in [7, 11) is 0. The van der Waals surface area contributed by atoms with Crippen LogP contribution >= 0.6 is 23.2 Å². The van der Waals surface area contributed by atoms with Crippen LogP contribution in [0.4, 0.5) is 5.82 Å². The summed E-state index contributed by atoms with van der Waals surface area (Å²) in [4.78, 5) is 46.8. The second-order valence-corrected chi connectivity index (χ2v) is 9.08. The minimum absolute atomic E-state index is 0.0872. The van der Waals surface area contributed by atoms with Crippen LogP contribution in [0.3, 0.4) is 0 Å². The molecule has 3 heterocycles. The molecule has 10 heteroatoms. The smallest absolute Gasteiger partial charge is 0.251 e. The number of carbonyl (C=O) groups excluding carboxylic acids is 3. The number of aromatic amines is 1. The normalized spacial score (nSPS) is 14.2. The molecule has 0 unspecified atom stereocenters. The van der Waals surface area contributed by atoms with Gasteiger partial charge in [0, 0.05) is 48.9 Å². The lowest BCUT2D eigenvalue weighted by Gasteiger charge is -2.26. The van der Waals surface area contributed by atoms with Crippen molar-refractivity contribution < 1.29 is 14.4 Å². The molecule has 0 spiro atoms. The fraction of sp³-hybridized carbons (Fsp3) is 0.333. The van der Waals surface area contributed by atoms with Gasteiger partial charge in [0.05, 0.1) is 21.1 Å². The monoisotopic (exact) mass is 501 g/mol. The maximum atomic E-state index is 13.3. The maximum absolute atomic E-state index is 13.3.